The van der Waals surface area contributed by atoms with Crippen LogP contribution in [-0.4, -0.2) is 34.9 Å². The summed E-state index contributed by atoms with van der Waals surface area (Å²) < 4.78 is 12.6. The van der Waals surface area contributed by atoms with Gasteiger partial charge in [-0.1, -0.05) is 6.92 Å². The van der Waals surface area contributed by atoms with E-state index in [-0.39, 0.29) is 5.41 Å². The zero-order valence-corrected chi connectivity index (χ0v) is 11.9. The van der Waals surface area contributed by atoms with Crippen molar-refractivity contribution in [2.24, 2.45) is 5.41 Å². The van der Waals surface area contributed by atoms with Crippen molar-refractivity contribution in [2.45, 2.75) is 26.3 Å². The van der Waals surface area contributed by atoms with Crippen LogP contribution in [0.15, 0.2) is 12.1 Å². The Morgan fingerprint density at radius 2 is 2.10 bits per heavy atom. The van der Waals surface area contributed by atoms with Crippen molar-refractivity contribution in [3.05, 3.63) is 12.1 Å². The van der Waals surface area contributed by atoms with Crippen molar-refractivity contribution in [2.75, 3.05) is 26.1 Å². The maximum atomic E-state index is 6.06. The summed E-state index contributed by atoms with van der Waals surface area (Å²) in [6.45, 7) is 4.68. The van der Waals surface area contributed by atoms with Crippen molar-refractivity contribution < 1.29 is 9.47 Å². The van der Waals surface area contributed by atoms with E-state index < -0.39 is 0 Å². The van der Waals surface area contributed by atoms with Gasteiger partial charge in [-0.25, -0.2) is 4.98 Å². The molecule has 2 aromatic heterocycles. The summed E-state index contributed by atoms with van der Waals surface area (Å²) in [6.07, 6.45) is 2.05. The van der Waals surface area contributed by atoms with E-state index in [1.54, 1.807) is 13.2 Å². The number of nitrogens with zero attached hydrogens (tertiary/aromatic N) is 3. The van der Waals surface area contributed by atoms with Gasteiger partial charge in [0.25, 0.3) is 0 Å². The third-order valence-electron chi connectivity index (χ3n) is 4.05. The van der Waals surface area contributed by atoms with Gasteiger partial charge in [-0.3, -0.25) is 4.57 Å². The summed E-state index contributed by atoms with van der Waals surface area (Å²) in [5, 5.41) is 0. The largest absolute Gasteiger partial charge is 0.481 e. The molecule has 6 heteroatoms. The average Bonchev–Trinajstić information content (AvgIpc) is 2.75. The molecule has 0 amide bonds. The van der Waals surface area contributed by atoms with Crippen LogP contribution < -0.4 is 10.5 Å². The second kappa shape index (κ2) is 4.94. The fourth-order valence-corrected chi connectivity index (χ4v) is 2.68. The van der Waals surface area contributed by atoms with Crippen molar-refractivity contribution in [3.8, 4) is 5.88 Å². The van der Waals surface area contributed by atoms with Gasteiger partial charge in [0, 0.05) is 25.8 Å². The average molecular weight is 276 g/mol. The predicted octanol–water partition coefficient (Wildman–Crippen LogP) is 1.84. The number of hydrogen-bond donors (Lipinski definition) is 1. The first-order chi connectivity index (χ1) is 9.61. The first kappa shape index (κ1) is 13.2. The van der Waals surface area contributed by atoms with Crippen molar-refractivity contribution in [3.63, 3.8) is 0 Å². The molecule has 0 atom stereocenters. The van der Waals surface area contributed by atoms with E-state index in [1.807, 2.05) is 10.6 Å². The number of methoxy groups -OCH3 is 1. The third-order valence-corrected chi connectivity index (χ3v) is 4.05. The van der Waals surface area contributed by atoms with E-state index in [2.05, 4.69) is 16.9 Å². The SMILES string of the molecule is COc1ccc2nc(N)n(CC3(C)CCOCC3)c2n1. The quantitative estimate of drug-likeness (QED) is 0.925. The Labute approximate surface area is 117 Å². The molecule has 0 aromatic carbocycles. The fraction of sp³-hybridized carbons (Fsp3) is 0.571. The highest BCUT2D eigenvalue weighted by Crippen LogP contribution is 2.33. The Morgan fingerprint density at radius 3 is 2.80 bits per heavy atom. The molecule has 2 N–H and O–H groups in total. The Hall–Kier alpha value is -1.82. The molecule has 1 fully saturated rings. The lowest BCUT2D eigenvalue weighted by atomic mass is 9.82. The molecule has 1 saturated heterocycles. The lowest BCUT2D eigenvalue weighted by molar-refractivity contribution is 0.0162. The van der Waals surface area contributed by atoms with Crippen LogP contribution in [0.5, 0.6) is 5.88 Å². The monoisotopic (exact) mass is 276 g/mol. The minimum Gasteiger partial charge on any atom is -0.481 e. The second-order valence-electron chi connectivity index (χ2n) is 5.68. The molecule has 6 nitrogen and oxygen atoms in total. The van der Waals surface area contributed by atoms with Gasteiger partial charge in [-0.2, -0.15) is 4.98 Å². The molecule has 3 heterocycles. The smallest absolute Gasteiger partial charge is 0.215 e. The van der Waals surface area contributed by atoms with Gasteiger partial charge in [-0.05, 0) is 24.3 Å². The van der Waals surface area contributed by atoms with Crippen LogP contribution in [0.2, 0.25) is 0 Å². The zero-order chi connectivity index (χ0) is 14.2. The number of anilines is 1. The standard InChI is InChI=1S/C14H20N4O2/c1-14(5-7-20-8-6-14)9-18-12-10(16-13(18)15)3-4-11(17-12)19-2/h3-4H,5-9H2,1-2H3,(H2,15,16). The number of hydrogen-bond acceptors (Lipinski definition) is 5. The predicted molar refractivity (Wildman–Crippen MR) is 76.7 cm³/mol. The first-order valence-corrected chi connectivity index (χ1v) is 6.86. The maximum Gasteiger partial charge on any atom is 0.215 e. The molecule has 0 bridgehead atoms. The van der Waals surface area contributed by atoms with E-state index in [0.29, 0.717) is 11.8 Å². The molecule has 1 aliphatic heterocycles. The second-order valence-corrected chi connectivity index (χ2v) is 5.68. The number of ether oxygens (including phenoxy) is 2. The van der Waals surface area contributed by atoms with Gasteiger partial charge in [0.15, 0.2) is 5.65 Å². The number of nitrogens with two attached hydrogens (primary N) is 1. The van der Waals surface area contributed by atoms with Crippen LogP contribution in [0.4, 0.5) is 5.95 Å². The van der Waals surface area contributed by atoms with Gasteiger partial charge in [0.05, 0.1) is 7.11 Å². The van der Waals surface area contributed by atoms with Crippen LogP contribution >= 0.6 is 0 Å². The topological polar surface area (TPSA) is 75.2 Å². The number of nitrogen functional groups attached to an aromatic ring is 1. The van der Waals surface area contributed by atoms with Crippen molar-refractivity contribution in [1.29, 1.82) is 0 Å². The molecule has 0 radical (unpaired) electrons. The van der Waals surface area contributed by atoms with Gasteiger partial charge in [-0.15, -0.1) is 0 Å². The Bertz CT molecular complexity index is 617. The Balaban J connectivity index is 1.99. The van der Waals surface area contributed by atoms with Gasteiger partial charge >= 0.3 is 0 Å². The van der Waals surface area contributed by atoms with E-state index in [4.69, 9.17) is 15.2 Å². The molecule has 0 aliphatic carbocycles. The highest BCUT2D eigenvalue weighted by molar-refractivity contribution is 5.74. The van der Waals surface area contributed by atoms with Gasteiger partial charge in [0.2, 0.25) is 11.8 Å². The highest BCUT2D eigenvalue weighted by Gasteiger charge is 2.29. The molecule has 108 valence electrons. The van der Waals surface area contributed by atoms with E-state index >= 15 is 0 Å². The lowest BCUT2D eigenvalue weighted by Crippen LogP contribution is -2.31. The van der Waals surface area contributed by atoms with E-state index in [9.17, 15) is 0 Å². The molecular formula is C14H20N4O2. The molecule has 1 aliphatic rings. The summed E-state index contributed by atoms with van der Waals surface area (Å²) in [4.78, 5) is 8.85. The molecule has 0 unspecified atom stereocenters. The van der Waals surface area contributed by atoms with Crippen LogP contribution in [-0.2, 0) is 11.3 Å². The van der Waals surface area contributed by atoms with Gasteiger partial charge < -0.3 is 15.2 Å². The molecular weight excluding hydrogens is 256 g/mol. The first-order valence-electron chi connectivity index (χ1n) is 6.86. The number of imidazole rings is 1. The number of fused-ring (bicyclic) bond motifs is 1. The van der Waals surface area contributed by atoms with Gasteiger partial charge in [0.1, 0.15) is 5.52 Å². The van der Waals surface area contributed by atoms with Crippen LogP contribution in [0.3, 0.4) is 0 Å². The summed E-state index contributed by atoms with van der Waals surface area (Å²) in [7, 11) is 1.61. The lowest BCUT2D eigenvalue weighted by Gasteiger charge is -2.34. The molecule has 0 spiro atoms. The Kier molecular flexibility index (Phi) is 3.25. The summed E-state index contributed by atoms with van der Waals surface area (Å²) in [5.41, 5.74) is 7.82. The summed E-state index contributed by atoms with van der Waals surface area (Å²) >= 11 is 0. The number of rotatable bonds is 3. The number of pyridine rings is 1. The van der Waals surface area contributed by atoms with E-state index in [1.165, 1.54) is 0 Å². The summed E-state index contributed by atoms with van der Waals surface area (Å²) in [6, 6.07) is 3.69. The van der Waals surface area contributed by atoms with Crippen molar-refractivity contribution in [1.82, 2.24) is 14.5 Å². The molecule has 0 saturated carbocycles. The van der Waals surface area contributed by atoms with Crippen LogP contribution in [0.1, 0.15) is 19.8 Å². The molecule has 2 aromatic rings. The minimum absolute atomic E-state index is 0.171. The zero-order valence-electron chi connectivity index (χ0n) is 11.9. The molecule has 3 rings (SSSR count). The van der Waals surface area contributed by atoms with E-state index in [0.717, 1.165) is 43.8 Å². The highest BCUT2D eigenvalue weighted by atomic mass is 16.5. The van der Waals surface area contributed by atoms with Crippen molar-refractivity contribution >= 4 is 17.1 Å². The normalized spacial score (nSPS) is 18.3. The third kappa shape index (κ3) is 2.31. The molecule has 20 heavy (non-hydrogen) atoms. The maximum absolute atomic E-state index is 6.06. The minimum atomic E-state index is 0.171. The van der Waals surface area contributed by atoms with Crippen LogP contribution in [0, 0.1) is 5.41 Å². The summed E-state index contributed by atoms with van der Waals surface area (Å²) in [5.74, 6) is 1.09. The number of aromatic nitrogens is 3. The van der Waals surface area contributed by atoms with Crippen LogP contribution in [0.25, 0.3) is 11.2 Å². The Morgan fingerprint density at radius 1 is 1.35 bits per heavy atom. The fourth-order valence-electron chi connectivity index (χ4n) is 2.68.